The summed E-state index contributed by atoms with van der Waals surface area (Å²) in [6.07, 6.45) is 2.59. The van der Waals surface area contributed by atoms with E-state index in [1.54, 1.807) is 6.07 Å². The maximum absolute atomic E-state index is 12.2. The van der Waals surface area contributed by atoms with Crippen molar-refractivity contribution in [2.24, 2.45) is 11.8 Å². The summed E-state index contributed by atoms with van der Waals surface area (Å²) in [7, 11) is 0. The third kappa shape index (κ3) is 4.75. The van der Waals surface area contributed by atoms with Crippen molar-refractivity contribution in [2.75, 3.05) is 6.61 Å². The van der Waals surface area contributed by atoms with Crippen molar-refractivity contribution in [3.63, 3.8) is 0 Å². The number of ether oxygens (including phenoxy) is 1. The van der Waals surface area contributed by atoms with Crippen LogP contribution in [0.3, 0.4) is 0 Å². The molecule has 3 N–H and O–H groups in total. The molecule has 0 bridgehead atoms. The summed E-state index contributed by atoms with van der Waals surface area (Å²) < 4.78 is 5.46. The van der Waals surface area contributed by atoms with Crippen LogP contribution in [0.15, 0.2) is 42.5 Å². The number of benzene rings is 2. The molecule has 1 aliphatic rings. The molecular weight excluding hydrogens is 348 g/mol. The van der Waals surface area contributed by atoms with Crippen molar-refractivity contribution >= 4 is 28.6 Å². The number of fused-ring (bicyclic) bond motifs is 1. The van der Waals surface area contributed by atoms with Gasteiger partial charge in [-0.25, -0.2) is 0 Å². The van der Waals surface area contributed by atoms with Gasteiger partial charge in [0.05, 0.1) is 11.8 Å². The molecule has 2 atom stereocenters. The van der Waals surface area contributed by atoms with Crippen LogP contribution < -0.4 is 15.6 Å². The number of hydrazine groups is 1. The third-order valence-corrected chi connectivity index (χ3v) is 4.84. The molecule has 2 aromatic carbocycles. The molecule has 2 aromatic rings. The van der Waals surface area contributed by atoms with E-state index in [2.05, 4.69) is 10.9 Å². The van der Waals surface area contributed by atoms with Crippen LogP contribution >= 0.6 is 0 Å². The Morgan fingerprint density at radius 3 is 2.41 bits per heavy atom. The summed E-state index contributed by atoms with van der Waals surface area (Å²) in [5.74, 6) is -2.74. The van der Waals surface area contributed by atoms with Gasteiger partial charge in [0.25, 0.3) is 5.91 Å². The minimum atomic E-state index is -0.971. The van der Waals surface area contributed by atoms with Gasteiger partial charge >= 0.3 is 5.97 Å². The zero-order valence-electron chi connectivity index (χ0n) is 14.8. The summed E-state index contributed by atoms with van der Waals surface area (Å²) in [6.45, 7) is -0.258. The Kier molecular flexibility index (Phi) is 5.90. The Morgan fingerprint density at radius 1 is 0.963 bits per heavy atom. The molecule has 0 aromatic heterocycles. The van der Waals surface area contributed by atoms with Gasteiger partial charge < -0.3 is 9.84 Å². The molecule has 1 aliphatic carbocycles. The maximum Gasteiger partial charge on any atom is 0.307 e. The highest BCUT2D eigenvalue weighted by Gasteiger charge is 2.35. The monoisotopic (exact) mass is 370 g/mol. The first-order valence-corrected chi connectivity index (χ1v) is 8.97. The van der Waals surface area contributed by atoms with Crippen molar-refractivity contribution in [1.29, 1.82) is 0 Å². The van der Waals surface area contributed by atoms with Crippen molar-refractivity contribution in [3.8, 4) is 5.75 Å². The van der Waals surface area contributed by atoms with Crippen LogP contribution in [-0.2, 0) is 14.4 Å². The Bertz CT molecular complexity index is 851. The highest BCUT2D eigenvalue weighted by molar-refractivity contribution is 5.87. The van der Waals surface area contributed by atoms with Gasteiger partial charge in [-0.1, -0.05) is 43.2 Å². The normalized spacial score (nSPS) is 19.3. The molecule has 0 unspecified atom stereocenters. The first-order valence-electron chi connectivity index (χ1n) is 8.97. The fraction of sp³-hybridized carbons (Fsp3) is 0.350. The fourth-order valence-electron chi connectivity index (χ4n) is 3.41. The molecule has 142 valence electrons. The molecule has 27 heavy (non-hydrogen) atoms. The van der Waals surface area contributed by atoms with E-state index in [-0.39, 0.29) is 6.61 Å². The number of aliphatic carboxylic acids is 1. The van der Waals surface area contributed by atoms with Gasteiger partial charge in [-0.3, -0.25) is 25.2 Å². The van der Waals surface area contributed by atoms with E-state index >= 15 is 0 Å². The maximum atomic E-state index is 12.2. The molecule has 1 saturated carbocycles. The Morgan fingerprint density at radius 2 is 1.67 bits per heavy atom. The Balaban J connectivity index is 1.48. The van der Waals surface area contributed by atoms with E-state index in [0.717, 1.165) is 23.6 Å². The second-order valence-electron chi connectivity index (χ2n) is 6.67. The number of rotatable bonds is 5. The molecule has 0 radical (unpaired) electrons. The van der Waals surface area contributed by atoms with Crippen LogP contribution in [0.5, 0.6) is 5.75 Å². The Labute approximate surface area is 156 Å². The molecule has 3 rings (SSSR count). The fourth-order valence-corrected chi connectivity index (χ4v) is 3.41. The number of carbonyl (C=O) groups excluding carboxylic acids is 2. The lowest BCUT2D eigenvalue weighted by atomic mass is 9.79. The lowest BCUT2D eigenvalue weighted by Crippen LogP contribution is -2.49. The van der Waals surface area contributed by atoms with Gasteiger partial charge in [-0.15, -0.1) is 0 Å². The number of carboxylic acid groups (broad SMARTS) is 1. The van der Waals surface area contributed by atoms with E-state index in [1.807, 2.05) is 36.4 Å². The molecule has 1 fully saturated rings. The van der Waals surface area contributed by atoms with Crippen molar-refractivity contribution in [2.45, 2.75) is 25.7 Å². The van der Waals surface area contributed by atoms with Gasteiger partial charge in [0.15, 0.2) is 6.61 Å². The van der Waals surface area contributed by atoms with Crippen LogP contribution in [0, 0.1) is 11.8 Å². The highest BCUT2D eigenvalue weighted by atomic mass is 16.5. The molecule has 7 heteroatoms. The first-order chi connectivity index (χ1) is 13.0. The SMILES string of the molecule is O=C(COc1ccc2ccccc2c1)NNC(=O)[C@H]1CCCC[C@H]1C(=O)O. The molecule has 0 aliphatic heterocycles. The predicted molar refractivity (Wildman–Crippen MR) is 98.8 cm³/mol. The van der Waals surface area contributed by atoms with E-state index in [0.29, 0.717) is 18.6 Å². The number of carbonyl (C=O) groups is 3. The lowest BCUT2D eigenvalue weighted by Gasteiger charge is -2.27. The average Bonchev–Trinajstić information content (AvgIpc) is 2.70. The number of hydrogen-bond donors (Lipinski definition) is 3. The molecule has 2 amide bonds. The van der Waals surface area contributed by atoms with Crippen LogP contribution in [0.2, 0.25) is 0 Å². The zero-order valence-corrected chi connectivity index (χ0v) is 14.8. The highest BCUT2D eigenvalue weighted by Crippen LogP contribution is 2.30. The minimum absolute atomic E-state index is 0.258. The van der Waals surface area contributed by atoms with Gasteiger partial charge in [0, 0.05) is 0 Å². The minimum Gasteiger partial charge on any atom is -0.484 e. The van der Waals surface area contributed by atoms with E-state index in [1.165, 1.54) is 0 Å². The largest absolute Gasteiger partial charge is 0.484 e. The second-order valence-corrected chi connectivity index (χ2v) is 6.67. The lowest BCUT2D eigenvalue weighted by molar-refractivity contribution is -0.149. The van der Waals surface area contributed by atoms with Crippen molar-refractivity contribution in [3.05, 3.63) is 42.5 Å². The first kappa shape index (κ1) is 18.7. The molecule has 0 heterocycles. The van der Waals surface area contributed by atoms with Crippen molar-refractivity contribution < 1.29 is 24.2 Å². The number of hydrogen-bond acceptors (Lipinski definition) is 4. The molecular formula is C20H22N2O5. The van der Waals surface area contributed by atoms with E-state index in [9.17, 15) is 19.5 Å². The summed E-state index contributed by atoms with van der Waals surface area (Å²) >= 11 is 0. The van der Waals surface area contributed by atoms with Crippen LogP contribution in [0.25, 0.3) is 10.8 Å². The summed E-state index contributed by atoms with van der Waals surface area (Å²) in [6, 6.07) is 13.3. The van der Waals surface area contributed by atoms with E-state index in [4.69, 9.17) is 4.74 Å². The van der Waals surface area contributed by atoms with Gasteiger partial charge in [-0.2, -0.15) is 0 Å². The van der Waals surface area contributed by atoms with Crippen molar-refractivity contribution in [1.82, 2.24) is 10.9 Å². The summed E-state index contributed by atoms with van der Waals surface area (Å²) in [4.78, 5) is 35.4. The second kappa shape index (κ2) is 8.53. The number of carboxylic acids is 1. The Hall–Kier alpha value is -3.09. The average molecular weight is 370 g/mol. The third-order valence-electron chi connectivity index (χ3n) is 4.84. The van der Waals surface area contributed by atoms with Gasteiger partial charge in [0.1, 0.15) is 5.75 Å². The van der Waals surface area contributed by atoms with Crippen LogP contribution in [-0.4, -0.2) is 29.5 Å². The quantitative estimate of drug-likeness (QED) is 0.700. The molecule has 7 nitrogen and oxygen atoms in total. The standard InChI is InChI=1S/C20H22N2O5/c23-18(12-27-15-10-9-13-5-1-2-6-14(13)11-15)21-22-19(24)16-7-3-4-8-17(16)20(25)26/h1-2,5-6,9-11,16-17H,3-4,7-8,12H2,(H,21,23)(H,22,24)(H,25,26)/t16-,17+/m0/s1. The van der Waals surface area contributed by atoms with Gasteiger partial charge in [0.2, 0.25) is 5.91 Å². The topological polar surface area (TPSA) is 105 Å². The van der Waals surface area contributed by atoms with Crippen LogP contribution in [0.4, 0.5) is 0 Å². The number of nitrogens with one attached hydrogen (secondary N) is 2. The molecule has 0 spiro atoms. The van der Waals surface area contributed by atoms with Gasteiger partial charge in [-0.05, 0) is 35.7 Å². The predicted octanol–water partition coefficient (Wildman–Crippen LogP) is 2.26. The molecule has 0 saturated heterocycles. The van der Waals surface area contributed by atoms with Crippen LogP contribution in [0.1, 0.15) is 25.7 Å². The smallest absolute Gasteiger partial charge is 0.307 e. The number of amides is 2. The summed E-state index contributed by atoms with van der Waals surface area (Å²) in [5, 5.41) is 11.3. The summed E-state index contributed by atoms with van der Waals surface area (Å²) in [5.41, 5.74) is 4.61. The zero-order chi connectivity index (χ0) is 19.2. The van der Waals surface area contributed by atoms with E-state index < -0.39 is 29.6 Å².